The van der Waals surface area contributed by atoms with Gasteiger partial charge in [0.15, 0.2) is 17.3 Å². The van der Waals surface area contributed by atoms with Crippen LogP contribution in [0.1, 0.15) is 54.9 Å². The molecule has 0 saturated heterocycles. The quantitative estimate of drug-likeness (QED) is 0.181. The summed E-state index contributed by atoms with van der Waals surface area (Å²) < 4.78 is 51.1. The number of fused-ring (bicyclic) bond motifs is 1. The fourth-order valence-corrected chi connectivity index (χ4v) is 4.85. The van der Waals surface area contributed by atoms with Crippen molar-refractivity contribution in [3.8, 4) is 11.5 Å². The van der Waals surface area contributed by atoms with Crippen molar-refractivity contribution in [2.24, 2.45) is 0 Å². The van der Waals surface area contributed by atoms with Gasteiger partial charge in [-0.05, 0) is 56.5 Å². The number of hydrogen-bond donors (Lipinski definition) is 0. The van der Waals surface area contributed by atoms with Gasteiger partial charge in [0.2, 0.25) is 12.7 Å². The first-order valence-corrected chi connectivity index (χ1v) is 13.6. The van der Waals surface area contributed by atoms with Crippen molar-refractivity contribution in [1.82, 2.24) is 10.1 Å². The Bertz CT molecular complexity index is 1300. The summed E-state index contributed by atoms with van der Waals surface area (Å²) >= 11 is 0. The van der Waals surface area contributed by atoms with E-state index in [1.807, 2.05) is 25.1 Å². The molecule has 37 heavy (non-hydrogen) atoms. The molecule has 1 unspecified atom stereocenters. The molecule has 1 aliphatic heterocycles. The highest BCUT2D eigenvalue weighted by atomic mass is 32.2. The predicted octanol–water partition coefficient (Wildman–Crippen LogP) is 4.11. The number of aromatic nitrogens is 2. The normalized spacial score (nSPS) is 13.5. The Morgan fingerprint density at radius 2 is 1.86 bits per heavy atom. The summed E-state index contributed by atoms with van der Waals surface area (Å²) in [5.41, 5.74) is 1.85. The molecule has 0 radical (unpaired) electrons. The first-order valence-electron chi connectivity index (χ1n) is 12.2. The Morgan fingerprint density at radius 1 is 1.08 bits per heavy atom. The van der Waals surface area contributed by atoms with Crippen molar-refractivity contribution >= 4 is 16.1 Å². The number of rotatable bonds is 13. The smallest absolute Gasteiger partial charge is 0.306 e. The maximum absolute atomic E-state index is 12.3. The molecule has 4 rings (SSSR count). The van der Waals surface area contributed by atoms with Crippen LogP contribution in [0.3, 0.4) is 0 Å². The van der Waals surface area contributed by atoms with E-state index in [0.717, 1.165) is 11.1 Å². The molecule has 1 aliphatic rings. The fraction of sp³-hybridized carbons (Fsp3) is 0.423. The van der Waals surface area contributed by atoms with Gasteiger partial charge < -0.3 is 18.7 Å². The van der Waals surface area contributed by atoms with Crippen molar-refractivity contribution < 1.29 is 36.1 Å². The van der Waals surface area contributed by atoms with Gasteiger partial charge in [0.05, 0.1) is 24.5 Å². The second kappa shape index (κ2) is 12.2. The molecule has 198 valence electrons. The number of aryl methyl sites for hydroxylation is 2. The summed E-state index contributed by atoms with van der Waals surface area (Å²) in [6.07, 6.45) is 2.14. The molecule has 0 bridgehead atoms. The number of carbonyl (C=O) groups is 1. The molecule has 2 aromatic carbocycles. The van der Waals surface area contributed by atoms with Crippen LogP contribution in [-0.4, -0.2) is 44.5 Å². The van der Waals surface area contributed by atoms with E-state index in [4.69, 9.17) is 22.9 Å². The zero-order valence-corrected chi connectivity index (χ0v) is 21.7. The highest BCUT2D eigenvalue weighted by molar-refractivity contribution is 7.86. The number of esters is 1. The monoisotopic (exact) mass is 530 g/mol. The van der Waals surface area contributed by atoms with E-state index in [1.54, 1.807) is 19.1 Å². The number of carbonyl (C=O) groups excluding carboxylic acids is 1. The third-order valence-corrected chi connectivity index (χ3v) is 7.19. The maximum Gasteiger partial charge on any atom is 0.306 e. The van der Waals surface area contributed by atoms with Gasteiger partial charge in [-0.15, -0.1) is 0 Å². The van der Waals surface area contributed by atoms with Gasteiger partial charge in [0.1, 0.15) is 0 Å². The molecule has 3 aromatic rings. The number of nitrogens with zero attached hydrogens (tertiary/aromatic N) is 2. The van der Waals surface area contributed by atoms with Crippen LogP contribution in [0.2, 0.25) is 0 Å². The van der Waals surface area contributed by atoms with E-state index in [0.29, 0.717) is 55.5 Å². The van der Waals surface area contributed by atoms with Crippen LogP contribution in [0.25, 0.3) is 0 Å². The van der Waals surface area contributed by atoms with Crippen LogP contribution in [0.15, 0.2) is 51.9 Å². The lowest BCUT2D eigenvalue weighted by Gasteiger charge is -2.15. The van der Waals surface area contributed by atoms with Crippen molar-refractivity contribution in [3.63, 3.8) is 0 Å². The summed E-state index contributed by atoms with van der Waals surface area (Å²) in [6, 6.07) is 12.1. The molecule has 0 fully saturated rings. The third kappa shape index (κ3) is 7.30. The average Bonchev–Trinajstić information content (AvgIpc) is 3.52. The Balaban J connectivity index is 1.30. The van der Waals surface area contributed by atoms with E-state index >= 15 is 0 Å². The van der Waals surface area contributed by atoms with Crippen LogP contribution in [-0.2, 0) is 36.7 Å². The molecule has 2 heterocycles. The predicted molar refractivity (Wildman–Crippen MR) is 132 cm³/mol. The van der Waals surface area contributed by atoms with Gasteiger partial charge in [-0.1, -0.05) is 28.9 Å². The highest BCUT2D eigenvalue weighted by Crippen LogP contribution is 2.36. The largest absolute Gasteiger partial charge is 0.466 e. The molecule has 1 atom stereocenters. The van der Waals surface area contributed by atoms with Crippen LogP contribution >= 0.6 is 0 Å². The molecule has 0 spiro atoms. The fourth-order valence-electron chi connectivity index (χ4n) is 3.91. The summed E-state index contributed by atoms with van der Waals surface area (Å²) in [6.45, 7) is 4.18. The summed E-state index contributed by atoms with van der Waals surface area (Å²) in [5, 5.41) is 4.03. The summed E-state index contributed by atoms with van der Waals surface area (Å²) in [4.78, 5) is 16.8. The number of hydrogen-bond acceptors (Lipinski definition) is 10. The molecule has 1 aromatic heterocycles. The first kappa shape index (κ1) is 26.6. The second-order valence-electron chi connectivity index (χ2n) is 8.67. The van der Waals surface area contributed by atoms with Crippen LogP contribution in [0, 0.1) is 6.92 Å². The van der Waals surface area contributed by atoms with Crippen molar-refractivity contribution in [3.05, 3.63) is 65.3 Å². The Labute approximate surface area is 216 Å². The summed E-state index contributed by atoms with van der Waals surface area (Å²) in [7, 11) is -3.78. The van der Waals surface area contributed by atoms with E-state index in [1.165, 1.54) is 12.1 Å². The van der Waals surface area contributed by atoms with Crippen molar-refractivity contribution in [2.45, 2.75) is 56.8 Å². The van der Waals surface area contributed by atoms with E-state index in [2.05, 4.69) is 10.1 Å². The first-order chi connectivity index (χ1) is 17.8. The molecular weight excluding hydrogens is 500 g/mol. The van der Waals surface area contributed by atoms with E-state index < -0.39 is 10.1 Å². The number of unbranched alkanes of at least 4 members (excludes halogenated alkanes) is 1. The van der Waals surface area contributed by atoms with Crippen LogP contribution in [0.5, 0.6) is 11.5 Å². The molecule has 11 heteroatoms. The zero-order valence-electron chi connectivity index (χ0n) is 20.8. The minimum atomic E-state index is -3.78. The Kier molecular flexibility index (Phi) is 8.78. The van der Waals surface area contributed by atoms with Gasteiger partial charge in [-0.2, -0.15) is 13.4 Å². The average molecular weight is 531 g/mol. The van der Waals surface area contributed by atoms with Gasteiger partial charge in [0, 0.05) is 18.8 Å². The lowest BCUT2D eigenvalue weighted by Crippen LogP contribution is -2.13. The lowest BCUT2D eigenvalue weighted by molar-refractivity contribution is -0.143. The van der Waals surface area contributed by atoms with Gasteiger partial charge in [0.25, 0.3) is 10.1 Å². The molecular formula is C26H30N2O8S. The summed E-state index contributed by atoms with van der Waals surface area (Å²) in [5.74, 6) is 1.64. The topological polar surface area (TPSA) is 127 Å². The minimum Gasteiger partial charge on any atom is -0.466 e. The molecule has 0 aliphatic carbocycles. The molecule has 0 saturated carbocycles. The zero-order chi connectivity index (χ0) is 26.3. The maximum atomic E-state index is 12.3. The number of benzene rings is 2. The Hall–Kier alpha value is -3.44. The molecule has 0 amide bonds. The molecule has 0 N–H and O–H groups in total. The van der Waals surface area contributed by atoms with Crippen molar-refractivity contribution in [1.29, 1.82) is 0 Å². The SMILES string of the molecule is CCOC(=O)CC(Cc1nc(CCCCOS(=O)(=O)c2ccc(C)cc2)no1)c1ccc2c(c1)OCO2. The van der Waals surface area contributed by atoms with Gasteiger partial charge in [-0.3, -0.25) is 8.98 Å². The minimum absolute atomic E-state index is 0.0621. The van der Waals surface area contributed by atoms with Gasteiger partial charge in [-0.25, -0.2) is 0 Å². The van der Waals surface area contributed by atoms with E-state index in [-0.39, 0.29) is 36.6 Å². The van der Waals surface area contributed by atoms with Crippen molar-refractivity contribution in [2.75, 3.05) is 20.0 Å². The lowest BCUT2D eigenvalue weighted by atomic mass is 9.92. The number of ether oxygens (including phenoxy) is 3. The highest BCUT2D eigenvalue weighted by Gasteiger charge is 2.24. The van der Waals surface area contributed by atoms with Crippen LogP contribution in [0.4, 0.5) is 0 Å². The van der Waals surface area contributed by atoms with Gasteiger partial charge >= 0.3 is 5.97 Å². The standard InChI is InChI=1S/C26H30N2O8S/c1-3-32-26(29)16-20(19-9-12-22-23(14-19)34-17-33-22)15-25-27-24(28-36-25)6-4-5-13-35-37(30,31)21-10-7-18(2)8-11-21/h7-12,14,20H,3-6,13,15-17H2,1-2H3. The van der Waals surface area contributed by atoms with Crippen LogP contribution < -0.4 is 9.47 Å². The Morgan fingerprint density at radius 3 is 2.65 bits per heavy atom. The molecule has 10 nitrogen and oxygen atoms in total. The second-order valence-corrected chi connectivity index (χ2v) is 10.3. The third-order valence-electron chi connectivity index (χ3n) is 5.86. The van der Waals surface area contributed by atoms with E-state index in [9.17, 15) is 13.2 Å².